The minimum absolute atomic E-state index is 0.248. The van der Waals surface area contributed by atoms with Crippen molar-refractivity contribution in [3.05, 3.63) is 30.1 Å². The summed E-state index contributed by atoms with van der Waals surface area (Å²) in [5.74, 6) is 0.741. The Balaban J connectivity index is 2.29. The van der Waals surface area contributed by atoms with Crippen molar-refractivity contribution in [3.63, 3.8) is 0 Å². The molecule has 110 valence electrons. The second-order valence-electron chi connectivity index (χ2n) is 4.39. The lowest BCUT2D eigenvalue weighted by atomic mass is 10.2. The molecule has 1 amide bonds. The van der Waals surface area contributed by atoms with E-state index < -0.39 is 0 Å². The highest BCUT2D eigenvalue weighted by Gasteiger charge is 2.11. The van der Waals surface area contributed by atoms with Crippen molar-refractivity contribution in [2.75, 3.05) is 12.8 Å². The summed E-state index contributed by atoms with van der Waals surface area (Å²) in [5.41, 5.74) is 3.10. The van der Waals surface area contributed by atoms with Gasteiger partial charge in [0, 0.05) is 19.0 Å². The largest absolute Gasteiger partial charge is 0.288 e. The first-order valence-electron chi connectivity index (χ1n) is 6.77. The summed E-state index contributed by atoms with van der Waals surface area (Å²) in [6, 6.07) is 5.23. The van der Waals surface area contributed by atoms with E-state index in [9.17, 15) is 4.79 Å². The number of hydrogen-bond acceptors (Lipinski definition) is 4. The van der Waals surface area contributed by atoms with Crippen LogP contribution in [-0.4, -0.2) is 33.0 Å². The SMILES string of the molecule is CCCCCCSC(=S)N(C)NC(=O)c1ccccn1. The molecule has 0 unspecified atom stereocenters. The predicted octanol–water partition coefficient (Wildman–Crippen LogP) is 3.26. The molecule has 1 N–H and O–H groups in total. The molecule has 1 aromatic heterocycles. The Labute approximate surface area is 130 Å². The zero-order valence-electron chi connectivity index (χ0n) is 12.0. The predicted molar refractivity (Wildman–Crippen MR) is 88.7 cm³/mol. The van der Waals surface area contributed by atoms with Crippen LogP contribution in [0.15, 0.2) is 24.4 Å². The number of aromatic nitrogens is 1. The third-order valence-corrected chi connectivity index (χ3v) is 4.31. The van der Waals surface area contributed by atoms with E-state index in [1.165, 1.54) is 19.3 Å². The minimum atomic E-state index is -0.248. The summed E-state index contributed by atoms with van der Waals surface area (Å²) in [7, 11) is 1.75. The Hall–Kier alpha value is -1.14. The van der Waals surface area contributed by atoms with Crippen LogP contribution in [0.25, 0.3) is 0 Å². The Morgan fingerprint density at radius 3 is 2.85 bits per heavy atom. The maximum Gasteiger partial charge on any atom is 0.288 e. The molecule has 1 aromatic rings. The first kappa shape index (κ1) is 16.9. The molecule has 0 aliphatic rings. The Morgan fingerprint density at radius 1 is 1.40 bits per heavy atom. The molecule has 20 heavy (non-hydrogen) atoms. The molecule has 4 nitrogen and oxygen atoms in total. The van der Waals surface area contributed by atoms with Gasteiger partial charge in [0.25, 0.3) is 5.91 Å². The van der Waals surface area contributed by atoms with Gasteiger partial charge in [0.2, 0.25) is 0 Å². The summed E-state index contributed by atoms with van der Waals surface area (Å²) >= 11 is 6.87. The van der Waals surface area contributed by atoms with E-state index in [4.69, 9.17) is 12.2 Å². The molecule has 0 spiro atoms. The number of thiocarbonyl (C=S) groups is 1. The number of pyridine rings is 1. The molecule has 0 atom stereocenters. The molecular formula is C14H21N3OS2. The smallest absolute Gasteiger partial charge is 0.272 e. The van der Waals surface area contributed by atoms with Gasteiger partial charge in [-0.15, -0.1) is 0 Å². The molecule has 1 rings (SSSR count). The van der Waals surface area contributed by atoms with Gasteiger partial charge in [0.05, 0.1) is 0 Å². The molecule has 6 heteroatoms. The second-order valence-corrected chi connectivity index (χ2v) is 6.12. The van der Waals surface area contributed by atoms with Gasteiger partial charge >= 0.3 is 0 Å². The molecular weight excluding hydrogens is 290 g/mol. The molecule has 0 saturated carbocycles. The highest BCUT2D eigenvalue weighted by molar-refractivity contribution is 8.22. The maximum absolute atomic E-state index is 11.9. The minimum Gasteiger partial charge on any atom is -0.272 e. The maximum atomic E-state index is 11.9. The topological polar surface area (TPSA) is 45.2 Å². The van der Waals surface area contributed by atoms with Crippen LogP contribution in [0.2, 0.25) is 0 Å². The fourth-order valence-corrected chi connectivity index (χ4v) is 2.60. The van der Waals surface area contributed by atoms with Gasteiger partial charge in [-0.1, -0.05) is 56.2 Å². The van der Waals surface area contributed by atoms with Crippen molar-refractivity contribution in [2.45, 2.75) is 32.6 Å². The van der Waals surface area contributed by atoms with E-state index in [0.717, 1.165) is 12.2 Å². The van der Waals surface area contributed by atoms with Gasteiger partial charge in [0.15, 0.2) is 4.32 Å². The number of nitrogens with zero attached hydrogens (tertiary/aromatic N) is 2. The van der Waals surface area contributed by atoms with E-state index in [1.807, 2.05) is 0 Å². The molecule has 0 aliphatic heterocycles. The van der Waals surface area contributed by atoms with Gasteiger partial charge in [0.1, 0.15) is 5.69 Å². The summed E-state index contributed by atoms with van der Waals surface area (Å²) < 4.78 is 0.672. The normalized spacial score (nSPS) is 10.1. The number of carbonyl (C=O) groups excluding carboxylic acids is 1. The highest BCUT2D eigenvalue weighted by atomic mass is 32.2. The lowest BCUT2D eigenvalue weighted by molar-refractivity contribution is 0.0885. The third kappa shape index (κ3) is 6.34. The lowest BCUT2D eigenvalue weighted by Crippen LogP contribution is -2.41. The standard InChI is InChI=1S/C14H21N3OS2/c1-3-4-5-8-11-20-14(19)17(2)16-13(18)12-9-6-7-10-15-12/h6-7,9-10H,3-5,8,11H2,1-2H3,(H,16,18). The highest BCUT2D eigenvalue weighted by Crippen LogP contribution is 2.11. The first-order chi connectivity index (χ1) is 9.65. The van der Waals surface area contributed by atoms with E-state index in [-0.39, 0.29) is 5.91 Å². The average Bonchev–Trinajstić information content (AvgIpc) is 2.47. The fourth-order valence-electron chi connectivity index (χ4n) is 1.54. The lowest BCUT2D eigenvalue weighted by Gasteiger charge is -2.19. The second kappa shape index (κ2) is 9.72. The summed E-state index contributed by atoms with van der Waals surface area (Å²) in [6.45, 7) is 2.19. The van der Waals surface area contributed by atoms with Crippen LogP contribution in [-0.2, 0) is 0 Å². The van der Waals surface area contributed by atoms with Crippen LogP contribution in [0.1, 0.15) is 43.1 Å². The average molecular weight is 311 g/mol. The number of hydrogen-bond donors (Lipinski definition) is 1. The van der Waals surface area contributed by atoms with Crippen molar-refractivity contribution in [1.29, 1.82) is 0 Å². The molecule has 0 aliphatic carbocycles. The molecule has 0 fully saturated rings. The first-order valence-corrected chi connectivity index (χ1v) is 8.17. The molecule has 0 aromatic carbocycles. The number of unbranched alkanes of at least 4 members (excludes halogenated alkanes) is 3. The van der Waals surface area contributed by atoms with Gasteiger partial charge in [-0.05, 0) is 18.6 Å². The zero-order chi connectivity index (χ0) is 14.8. The number of carbonyl (C=O) groups is 1. The van der Waals surface area contributed by atoms with Crippen molar-refractivity contribution in [1.82, 2.24) is 15.4 Å². The van der Waals surface area contributed by atoms with E-state index >= 15 is 0 Å². The fraction of sp³-hybridized carbons (Fsp3) is 0.500. The van der Waals surface area contributed by atoms with Crippen molar-refractivity contribution >= 4 is 34.2 Å². The summed E-state index contributed by atoms with van der Waals surface area (Å²) in [6.07, 6.45) is 6.47. The summed E-state index contributed by atoms with van der Waals surface area (Å²) in [5, 5.41) is 1.58. The number of amides is 1. The van der Waals surface area contributed by atoms with E-state index in [2.05, 4.69) is 17.3 Å². The van der Waals surface area contributed by atoms with Crippen LogP contribution in [0.5, 0.6) is 0 Å². The van der Waals surface area contributed by atoms with Crippen LogP contribution in [0.3, 0.4) is 0 Å². The molecule has 1 heterocycles. The van der Waals surface area contributed by atoms with Crippen LogP contribution in [0.4, 0.5) is 0 Å². The Kier molecular flexibility index (Phi) is 8.22. The van der Waals surface area contributed by atoms with Gasteiger partial charge in [-0.2, -0.15) is 0 Å². The van der Waals surface area contributed by atoms with Gasteiger partial charge in [-0.3, -0.25) is 20.2 Å². The van der Waals surface area contributed by atoms with Crippen LogP contribution < -0.4 is 5.43 Å². The Morgan fingerprint density at radius 2 is 2.20 bits per heavy atom. The zero-order valence-corrected chi connectivity index (χ0v) is 13.6. The van der Waals surface area contributed by atoms with Crippen molar-refractivity contribution in [3.8, 4) is 0 Å². The molecule has 0 bridgehead atoms. The van der Waals surface area contributed by atoms with Gasteiger partial charge in [-0.25, -0.2) is 0 Å². The van der Waals surface area contributed by atoms with E-state index in [1.54, 1.807) is 48.2 Å². The molecule has 0 saturated heterocycles. The Bertz CT molecular complexity index is 426. The number of thioether (sulfide) groups is 1. The quantitative estimate of drug-likeness (QED) is 0.496. The van der Waals surface area contributed by atoms with Crippen molar-refractivity contribution < 1.29 is 4.79 Å². The molecule has 0 radical (unpaired) electrons. The number of rotatable bonds is 6. The van der Waals surface area contributed by atoms with E-state index in [0.29, 0.717) is 10.0 Å². The number of nitrogens with one attached hydrogen (secondary N) is 1. The monoisotopic (exact) mass is 311 g/mol. The van der Waals surface area contributed by atoms with Gasteiger partial charge < -0.3 is 0 Å². The van der Waals surface area contributed by atoms with Crippen LogP contribution >= 0.6 is 24.0 Å². The van der Waals surface area contributed by atoms with Crippen molar-refractivity contribution in [2.24, 2.45) is 0 Å². The third-order valence-electron chi connectivity index (χ3n) is 2.66. The van der Waals surface area contributed by atoms with Crippen LogP contribution in [0, 0.1) is 0 Å². The summed E-state index contributed by atoms with van der Waals surface area (Å²) in [4.78, 5) is 15.9. The number of hydrazine groups is 1.